The van der Waals surface area contributed by atoms with Crippen molar-refractivity contribution in [3.05, 3.63) is 0 Å². The van der Waals surface area contributed by atoms with Crippen LogP contribution >= 0.6 is 0 Å². The Hall–Kier alpha value is -1.72. The molecule has 0 aliphatic carbocycles. The Labute approximate surface area is 152 Å². The molecule has 0 fully saturated rings. The Morgan fingerprint density at radius 1 is 0.533 bits per heavy atom. The summed E-state index contributed by atoms with van der Waals surface area (Å²) in [5.41, 5.74) is 0. The Morgan fingerprint density at radius 2 is 0.767 bits per heavy atom. The maximum Gasteiger partial charge on any atom is 0.460 e. The maximum absolute atomic E-state index is 13.3. The van der Waals surface area contributed by atoms with Gasteiger partial charge in [-0.25, -0.2) is 0 Å². The number of carbonyl (C=O) groups is 1. The van der Waals surface area contributed by atoms with Gasteiger partial charge >= 0.3 is 53.6 Å². The minimum Gasteiger partial charge on any atom is -0.481 e. The second-order valence-corrected chi connectivity index (χ2v) is 5.63. The molecule has 0 rings (SSSR count). The van der Waals surface area contributed by atoms with Crippen molar-refractivity contribution in [2.24, 2.45) is 5.92 Å². The topological polar surface area (TPSA) is 37.3 Å². The summed E-state index contributed by atoms with van der Waals surface area (Å²) in [6.45, 7) is -0.547. The fourth-order valence-electron chi connectivity index (χ4n) is 1.60. The molecule has 0 saturated heterocycles. The molecule has 0 saturated carbocycles. The minimum absolute atomic E-state index is 0.547. The standard InChI is InChI=1S/C11H5F17O2/c1-2(3(29)30)4(12,13)5(14,15)6(16,17)7(18,19)8(20,21)9(22,23)10(24,25)11(26,27)28/h2H,1H3,(H,29,30)/t2-/m1/s1. The molecule has 0 aromatic rings. The highest BCUT2D eigenvalue weighted by atomic mass is 19.4. The first-order chi connectivity index (χ1) is 12.6. The van der Waals surface area contributed by atoms with Crippen LogP contribution in [0.4, 0.5) is 74.6 Å². The van der Waals surface area contributed by atoms with E-state index < -0.39 is 66.4 Å². The van der Waals surface area contributed by atoms with Gasteiger partial charge in [0.15, 0.2) is 0 Å². The van der Waals surface area contributed by atoms with Crippen molar-refractivity contribution >= 4 is 5.97 Å². The highest BCUT2D eigenvalue weighted by Gasteiger charge is 2.95. The van der Waals surface area contributed by atoms with Gasteiger partial charge in [0.25, 0.3) is 0 Å². The van der Waals surface area contributed by atoms with Gasteiger partial charge < -0.3 is 5.11 Å². The van der Waals surface area contributed by atoms with E-state index in [9.17, 15) is 79.4 Å². The van der Waals surface area contributed by atoms with E-state index in [1.165, 1.54) is 0 Å². The van der Waals surface area contributed by atoms with Gasteiger partial charge in [0.2, 0.25) is 0 Å². The molecule has 0 aliphatic heterocycles. The van der Waals surface area contributed by atoms with Crippen LogP contribution in [0, 0.1) is 5.92 Å². The highest BCUT2D eigenvalue weighted by molar-refractivity contribution is 5.71. The molecule has 2 nitrogen and oxygen atoms in total. The maximum atomic E-state index is 13.3. The summed E-state index contributed by atoms with van der Waals surface area (Å²) in [5, 5.41) is 8.10. The van der Waals surface area contributed by atoms with Crippen LogP contribution in [-0.4, -0.2) is 58.7 Å². The lowest BCUT2D eigenvalue weighted by Crippen LogP contribution is -2.75. The number of hydrogen-bond acceptors (Lipinski definition) is 1. The van der Waals surface area contributed by atoms with E-state index in [4.69, 9.17) is 5.11 Å². The van der Waals surface area contributed by atoms with Gasteiger partial charge in [0, 0.05) is 0 Å². The summed E-state index contributed by atoms with van der Waals surface area (Å²) in [6.07, 6.45) is -7.82. The minimum atomic E-state index is -8.73. The molecule has 0 radical (unpaired) electrons. The number of rotatable bonds is 8. The molecule has 0 unspecified atom stereocenters. The molecule has 0 spiro atoms. The van der Waals surface area contributed by atoms with Crippen LogP contribution in [-0.2, 0) is 4.79 Å². The molecule has 0 amide bonds. The number of halogens is 17. The van der Waals surface area contributed by atoms with Crippen molar-refractivity contribution in [1.29, 1.82) is 0 Å². The second-order valence-electron chi connectivity index (χ2n) is 5.63. The third-order valence-corrected chi connectivity index (χ3v) is 3.66. The SMILES string of the molecule is C[C@H](C(=O)O)C(F)(F)C(F)(F)C(F)(F)C(F)(F)C(F)(F)C(F)(F)C(F)(F)C(F)(F)F. The van der Waals surface area contributed by atoms with Gasteiger partial charge in [0.1, 0.15) is 5.92 Å². The van der Waals surface area contributed by atoms with Crippen molar-refractivity contribution in [1.82, 2.24) is 0 Å². The highest BCUT2D eigenvalue weighted by Crippen LogP contribution is 2.64. The zero-order chi connectivity index (χ0) is 25.2. The first-order valence-corrected chi connectivity index (χ1v) is 6.55. The van der Waals surface area contributed by atoms with Gasteiger partial charge in [-0.05, 0) is 6.92 Å². The van der Waals surface area contributed by atoms with Crippen LogP contribution in [0.25, 0.3) is 0 Å². The molecule has 180 valence electrons. The van der Waals surface area contributed by atoms with Crippen molar-refractivity contribution in [2.45, 2.75) is 54.6 Å². The Morgan fingerprint density at radius 3 is 1.00 bits per heavy atom. The Kier molecular flexibility index (Phi) is 6.50. The predicted octanol–water partition coefficient (Wildman–Crippen LogP) is 5.72. The van der Waals surface area contributed by atoms with Crippen LogP contribution in [0.5, 0.6) is 0 Å². The lowest BCUT2D eigenvalue weighted by Gasteiger charge is -2.43. The number of carboxylic acids is 1. The number of alkyl halides is 17. The zero-order valence-corrected chi connectivity index (χ0v) is 13.4. The van der Waals surface area contributed by atoms with Gasteiger partial charge in [-0.15, -0.1) is 0 Å². The fraction of sp³-hybridized carbons (Fsp3) is 0.909. The van der Waals surface area contributed by atoms with Crippen LogP contribution < -0.4 is 0 Å². The third kappa shape index (κ3) is 3.31. The summed E-state index contributed by atoms with van der Waals surface area (Å²) in [7, 11) is 0. The lowest BCUT2D eigenvalue weighted by molar-refractivity contribution is -0.462. The van der Waals surface area contributed by atoms with Crippen molar-refractivity contribution < 1.29 is 84.5 Å². The van der Waals surface area contributed by atoms with E-state index in [0.29, 0.717) is 0 Å². The summed E-state index contributed by atoms with van der Waals surface area (Å²) in [4.78, 5) is 10.2. The van der Waals surface area contributed by atoms with E-state index in [-0.39, 0.29) is 0 Å². The quantitative estimate of drug-likeness (QED) is 0.441. The van der Waals surface area contributed by atoms with E-state index in [2.05, 4.69) is 0 Å². The van der Waals surface area contributed by atoms with E-state index >= 15 is 0 Å². The van der Waals surface area contributed by atoms with Gasteiger partial charge in [0.05, 0.1) is 0 Å². The van der Waals surface area contributed by atoms with Gasteiger partial charge in [-0.1, -0.05) is 0 Å². The van der Waals surface area contributed by atoms with Gasteiger partial charge in [-0.3, -0.25) is 4.79 Å². The van der Waals surface area contributed by atoms with Crippen molar-refractivity contribution in [3.63, 3.8) is 0 Å². The van der Waals surface area contributed by atoms with Crippen LogP contribution in [0.1, 0.15) is 6.92 Å². The van der Waals surface area contributed by atoms with E-state index in [0.717, 1.165) is 0 Å². The smallest absolute Gasteiger partial charge is 0.460 e. The third-order valence-electron chi connectivity index (χ3n) is 3.66. The molecule has 30 heavy (non-hydrogen) atoms. The molecule has 0 aromatic carbocycles. The average Bonchev–Trinajstić information content (AvgIpc) is 2.51. The lowest BCUT2D eigenvalue weighted by atomic mass is 9.85. The predicted molar refractivity (Wildman–Crippen MR) is 57.5 cm³/mol. The van der Waals surface area contributed by atoms with E-state index in [1.54, 1.807) is 0 Å². The molecule has 0 aliphatic rings. The number of carboxylic acid groups (broad SMARTS) is 1. The molecular formula is C11H5F17O2. The normalized spacial score (nSPS) is 17.1. The average molecular weight is 492 g/mol. The first kappa shape index (κ1) is 28.3. The molecule has 1 N–H and O–H groups in total. The monoisotopic (exact) mass is 492 g/mol. The molecule has 1 atom stereocenters. The van der Waals surface area contributed by atoms with Crippen LogP contribution in [0.2, 0.25) is 0 Å². The molecular weight excluding hydrogens is 487 g/mol. The Bertz CT molecular complexity index is 661. The summed E-state index contributed by atoms with van der Waals surface area (Å²) < 4.78 is 219. The largest absolute Gasteiger partial charge is 0.481 e. The summed E-state index contributed by atoms with van der Waals surface area (Å²) >= 11 is 0. The zero-order valence-electron chi connectivity index (χ0n) is 13.4. The second kappa shape index (κ2) is 6.89. The van der Waals surface area contributed by atoms with E-state index in [1.807, 2.05) is 0 Å². The van der Waals surface area contributed by atoms with Crippen LogP contribution in [0.3, 0.4) is 0 Å². The molecule has 0 bridgehead atoms. The molecule has 19 heteroatoms. The molecule has 0 heterocycles. The van der Waals surface area contributed by atoms with Gasteiger partial charge in [-0.2, -0.15) is 74.6 Å². The number of hydrogen-bond donors (Lipinski definition) is 1. The van der Waals surface area contributed by atoms with Crippen molar-refractivity contribution in [3.8, 4) is 0 Å². The summed E-state index contributed by atoms with van der Waals surface area (Å²) in [6, 6.07) is 0. The van der Waals surface area contributed by atoms with Crippen molar-refractivity contribution in [2.75, 3.05) is 0 Å². The molecule has 0 aromatic heterocycles. The summed E-state index contributed by atoms with van der Waals surface area (Å²) in [5.74, 6) is -64.8. The Balaban J connectivity index is 6.81. The number of aliphatic carboxylic acids is 1. The van der Waals surface area contributed by atoms with Crippen LogP contribution in [0.15, 0.2) is 0 Å². The fourth-order valence-corrected chi connectivity index (χ4v) is 1.60. The first-order valence-electron chi connectivity index (χ1n) is 6.55.